The summed E-state index contributed by atoms with van der Waals surface area (Å²) in [6.07, 6.45) is 1.67. The molecule has 0 aliphatic carbocycles. The van der Waals surface area contributed by atoms with Gasteiger partial charge in [0.1, 0.15) is 23.2 Å². The Labute approximate surface area is 142 Å². The van der Waals surface area contributed by atoms with E-state index in [4.69, 9.17) is 5.73 Å². The molecule has 0 saturated carbocycles. The predicted molar refractivity (Wildman–Crippen MR) is 93.6 cm³/mol. The minimum Gasteiger partial charge on any atom is -0.507 e. The second-order valence-corrected chi connectivity index (χ2v) is 5.81. The van der Waals surface area contributed by atoms with Crippen LogP contribution in [-0.2, 0) is 0 Å². The van der Waals surface area contributed by atoms with Crippen LogP contribution in [0.25, 0.3) is 22.3 Å². The number of halogens is 1. The Morgan fingerprint density at radius 3 is 2.48 bits per heavy atom. The van der Waals surface area contributed by atoms with Crippen molar-refractivity contribution in [2.24, 2.45) is 0 Å². The van der Waals surface area contributed by atoms with Crippen molar-refractivity contribution in [1.82, 2.24) is 4.98 Å². The number of hydrogen-bond acceptors (Lipinski definition) is 4. The largest absolute Gasteiger partial charge is 0.507 e. The molecule has 4 nitrogen and oxygen atoms in total. The van der Waals surface area contributed by atoms with Gasteiger partial charge in [-0.2, -0.15) is 5.26 Å². The minimum atomic E-state index is 0.135. The third kappa shape index (κ3) is 2.77. The van der Waals surface area contributed by atoms with Crippen LogP contribution in [0.3, 0.4) is 0 Å². The molecule has 0 radical (unpaired) electrons. The number of nitriles is 1. The van der Waals surface area contributed by atoms with E-state index in [0.717, 1.165) is 16.7 Å². The molecule has 112 valence electrons. The fourth-order valence-electron chi connectivity index (χ4n) is 2.44. The highest BCUT2D eigenvalue weighted by Gasteiger charge is 2.17. The highest BCUT2D eigenvalue weighted by Crippen LogP contribution is 2.38. The van der Waals surface area contributed by atoms with E-state index in [1.165, 1.54) is 0 Å². The minimum absolute atomic E-state index is 0.135. The Balaban J connectivity index is 2.35. The number of phenolic OH excluding ortho intramolecular Hbond substituents is 1. The van der Waals surface area contributed by atoms with Gasteiger partial charge in [-0.25, -0.2) is 4.98 Å². The van der Waals surface area contributed by atoms with Crippen LogP contribution >= 0.6 is 15.9 Å². The first-order valence-corrected chi connectivity index (χ1v) is 7.64. The number of nitrogen functional groups attached to an aromatic ring is 1. The number of hydrogen-bond donors (Lipinski definition) is 2. The lowest BCUT2D eigenvalue weighted by Gasteiger charge is -2.14. The molecule has 5 heteroatoms. The topological polar surface area (TPSA) is 82.9 Å². The van der Waals surface area contributed by atoms with Crippen molar-refractivity contribution in [2.45, 2.75) is 0 Å². The maximum Gasteiger partial charge on any atom is 0.141 e. The molecule has 0 spiro atoms. The number of aromatic hydroxyl groups is 1. The number of pyridine rings is 1. The van der Waals surface area contributed by atoms with Gasteiger partial charge in [-0.15, -0.1) is 0 Å². The number of rotatable bonds is 2. The first-order chi connectivity index (χ1) is 11.1. The smallest absolute Gasteiger partial charge is 0.141 e. The van der Waals surface area contributed by atoms with E-state index >= 15 is 0 Å². The van der Waals surface area contributed by atoms with Crippen LogP contribution in [-0.4, -0.2) is 10.1 Å². The number of anilines is 1. The van der Waals surface area contributed by atoms with Gasteiger partial charge in [0.2, 0.25) is 0 Å². The van der Waals surface area contributed by atoms with Crippen LogP contribution in [0.2, 0.25) is 0 Å². The molecule has 0 amide bonds. The summed E-state index contributed by atoms with van der Waals surface area (Å²) >= 11 is 3.31. The molecule has 0 fully saturated rings. The second-order valence-electron chi connectivity index (χ2n) is 4.95. The molecule has 23 heavy (non-hydrogen) atoms. The first-order valence-electron chi connectivity index (χ1n) is 6.84. The van der Waals surface area contributed by atoms with E-state index in [0.29, 0.717) is 15.6 Å². The van der Waals surface area contributed by atoms with E-state index in [1.807, 2.05) is 30.3 Å². The van der Waals surface area contributed by atoms with Gasteiger partial charge in [-0.1, -0.05) is 36.4 Å². The Hall–Kier alpha value is -2.84. The molecule has 1 heterocycles. The molecule has 2 aromatic carbocycles. The summed E-state index contributed by atoms with van der Waals surface area (Å²) in [4.78, 5) is 4.15. The highest BCUT2D eigenvalue weighted by atomic mass is 79.9. The number of aromatic nitrogens is 1. The van der Waals surface area contributed by atoms with Gasteiger partial charge < -0.3 is 10.8 Å². The van der Waals surface area contributed by atoms with Crippen molar-refractivity contribution < 1.29 is 5.11 Å². The Kier molecular flexibility index (Phi) is 4.00. The van der Waals surface area contributed by atoms with Crippen molar-refractivity contribution >= 4 is 21.7 Å². The van der Waals surface area contributed by atoms with Gasteiger partial charge >= 0.3 is 0 Å². The molecule has 3 N–H and O–H groups in total. The van der Waals surface area contributed by atoms with Crippen molar-refractivity contribution in [3.8, 4) is 34.1 Å². The predicted octanol–water partition coefficient (Wildman–Crippen LogP) is 4.34. The second kappa shape index (κ2) is 6.11. The molecule has 3 rings (SSSR count). The van der Waals surface area contributed by atoms with Gasteiger partial charge in [0.15, 0.2) is 0 Å². The van der Waals surface area contributed by atoms with E-state index in [-0.39, 0.29) is 11.6 Å². The molecule has 0 saturated heterocycles. The lowest BCUT2D eigenvalue weighted by molar-refractivity contribution is 0.472. The van der Waals surface area contributed by atoms with Crippen LogP contribution in [0.15, 0.2) is 59.2 Å². The molecule has 0 unspecified atom stereocenters. The lowest BCUT2D eigenvalue weighted by atomic mass is 9.92. The third-order valence-corrected chi connectivity index (χ3v) is 4.18. The van der Waals surface area contributed by atoms with E-state index in [1.54, 1.807) is 24.4 Å². The number of benzene rings is 2. The fraction of sp³-hybridized carbons (Fsp3) is 0. The van der Waals surface area contributed by atoms with Gasteiger partial charge in [0.05, 0.1) is 4.47 Å². The van der Waals surface area contributed by atoms with Crippen molar-refractivity contribution in [2.75, 3.05) is 5.73 Å². The number of nitrogens with zero attached hydrogens (tertiary/aromatic N) is 2. The van der Waals surface area contributed by atoms with Gasteiger partial charge in [-0.05, 0) is 39.2 Å². The van der Waals surface area contributed by atoms with Crippen LogP contribution in [0.5, 0.6) is 5.75 Å². The standard InChI is InChI=1S/C18H12BrN3O/c19-15-8-12(6-7-16(15)23)17-13(9-20)18(21)22-10-14(17)11-4-2-1-3-5-11/h1-8,10,23H,(H2,21,22). The van der Waals surface area contributed by atoms with Crippen molar-refractivity contribution in [3.63, 3.8) is 0 Å². The summed E-state index contributed by atoms with van der Waals surface area (Å²) in [6.45, 7) is 0. The van der Waals surface area contributed by atoms with Crippen LogP contribution in [0.1, 0.15) is 5.56 Å². The number of phenols is 1. The first kappa shape index (κ1) is 15.1. The maximum absolute atomic E-state index is 9.71. The van der Waals surface area contributed by atoms with Crippen LogP contribution in [0.4, 0.5) is 5.82 Å². The highest BCUT2D eigenvalue weighted by molar-refractivity contribution is 9.10. The quantitative estimate of drug-likeness (QED) is 0.707. The molecular weight excluding hydrogens is 354 g/mol. The summed E-state index contributed by atoms with van der Waals surface area (Å²) in [6, 6.07) is 16.9. The van der Waals surface area contributed by atoms with Crippen molar-refractivity contribution in [1.29, 1.82) is 5.26 Å². The van der Waals surface area contributed by atoms with Gasteiger partial charge in [-0.3, -0.25) is 0 Å². The monoisotopic (exact) mass is 365 g/mol. The normalized spacial score (nSPS) is 10.3. The Morgan fingerprint density at radius 2 is 1.83 bits per heavy atom. The molecule has 0 atom stereocenters. The van der Waals surface area contributed by atoms with E-state index < -0.39 is 0 Å². The molecule has 0 aliphatic rings. The zero-order valence-corrected chi connectivity index (χ0v) is 13.6. The summed E-state index contributed by atoms with van der Waals surface area (Å²) < 4.78 is 0.549. The average molecular weight is 366 g/mol. The summed E-state index contributed by atoms with van der Waals surface area (Å²) in [7, 11) is 0. The lowest BCUT2D eigenvalue weighted by Crippen LogP contribution is -1.99. The third-order valence-electron chi connectivity index (χ3n) is 3.54. The van der Waals surface area contributed by atoms with Gasteiger partial charge in [0, 0.05) is 17.3 Å². The summed E-state index contributed by atoms with van der Waals surface area (Å²) in [5.41, 5.74) is 9.44. The van der Waals surface area contributed by atoms with Crippen LogP contribution in [0, 0.1) is 11.3 Å². The molecule has 1 aromatic heterocycles. The molecule has 3 aromatic rings. The SMILES string of the molecule is N#Cc1c(N)ncc(-c2ccccc2)c1-c1ccc(O)c(Br)c1. The van der Waals surface area contributed by atoms with Gasteiger partial charge in [0.25, 0.3) is 0 Å². The summed E-state index contributed by atoms with van der Waals surface area (Å²) in [5, 5.41) is 19.2. The molecule has 0 bridgehead atoms. The molecule has 0 aliphatic heterocycles. The number of nitrogens with two attached hydrogens (primary N) is 1. The average Bonchev–Trinajstić information content (AvgIpc) is 2.58. The Bertz CT molecular complexity index is 918. The Morgan fingerprint density at radius 1 is 1.09 bits per heavy atom. The van der Waals surface area contributed by atoms with Crippen molar-refractivity contribution in [3.05, 3.63) is 64.8 Å². The van der Waals surface area contributed by atoms with E-state index in [9.17, 15) is 10.4 Å². The fourth-order valence-corrected chi connectivity index (χ4v) is 2.82. The maximum atomic E-state index is 9.71. The molecular formula is C18H12BrN3O. The zero-order chi connectivity index (χ0) is 16.4. The zero-order valence-electron chi connectivity index (χ0n) is 12.0. The summed E-state index contributed by atoms with van der Waals surface area (Å²) in [5.74, 6) is 0.321. The van der Waals surface area contributed by atoms with E-state index in [2.05, 4.69) is 27.0 Å². The van der Waals surface area contributed by atoms with Crippen LogP contribution < -0.4 is 5.73 Å².